The Morgan fingerprint density at radius 3 is 1.92 bits per heavy atom. The molecule has 4 nitrogen and oxygen atoms in total. The molecule has 0 N–H and O–H groups in total. The van der Waals surface area contributed by atoms with E-state index in [1.54, 1.807) is 24.0 Å². The fraction of sp³-hybridized carbons (Fsp3) is 0.0588. The van der Waals surface area contributed by atoms with Gasteiger partial charge in [-0.1, -0.05) is 12.1 Å². The lowest BCUT2D eigenvalue weighted by Crippen LogP contribution is -2.13. The first-order valence-electron chi connectivity index (χ1n) is 7.13. The Kier molecular flexibility index (Phi) is 4.45. The van der Waals surface area contributed by atoms with Crippen molar-refractivity contribution in [1.29, 1.82) is 0 Å². The summed E-state index contributed by atoms with van der Waals surface area (Å²) in [4.78, 5) is 12.0. The summed E-state index contributed by atoms with van der Waals surface area (Å²) in [5, 5.41) is 4.16. The predicted octanol–water partition coefficient (Wildman–Crippen LogP) is 4.00. The van der Waals surface area contributed by atoms with Crippen LogP contribution in [-0.4, -0.2) is 15.7 Å². The van der Waals surface area contributed by atoms with Crippen LogP contribution in [0.25, 0.3) is 11.3 Å². The third kappa shape index (κ3) is 3.03. The maximum absolute atomic E-state index is 13.6. The molecule has 1 aromatic heterocycles. The maximum Gasteiger partial charge on any atom is 0.343 e. The van der Waals surface area contributed by atoms with Gasteiger partial charge in [0.15, 0.2) is 0 Å². The lowest BCUT2D eigenvalue weighted by molar-refractivity contribution is 0.0716. The molecule has 0 radical (unpaired) electrons. The van der Waals surface area contributed by atoms with Crippen LogP contribution >= 0.6 is 0 Å². The van der Waals surface area contributed by atoms with Crippen LogP contribution in [0, 0.1) is 29.1 Å². The number of hydrogen-bond acceptors (Lipinski definition) is 3. The van der Waals surface area contributed by atoms with Crippen LogP contribution < -0.4 is 4.74 Å². The molecule has 0 fully saturated rings. The van der Waals surface area contributed by atoms with E-state index >= 15 is 0 Å². The lowest BCUT2D eigenvalue weighted by Gasteiger charge is -2.09. The van der Waals surface area contributed by atoms with Crippen molar-refractivity contribution >= 4 is 5.97 Å². The van der Waals surface area contributed by atoms with Crippen LogP contribution in [0.5, 0.6) is 5.75 Å². The summed E-state index contributed by atoms with van der Waals surface area (Å²) >= 11 is 0. The average Bonchev–Trinajstić information content (AvgIpc) is 3.08. The van der Waals surface area contributed by atoms with Gasteiger partial charge in [0, 0.05) is 18.8 Å². The van der Waals surface area contributed by atoms with Crippen LogP contribution in [-0.2, 0) is 7.05 Å². The van der Waals surface area contributed by atoms with Gasteiger partial charge in [0.25, 0.3) is 0 Å². The number of carbonyl (C=O) groups is 1. The minimum absolute atomic E-state index is 0.145. The largest absolute Gasteiger partial charge is 0.416 e. The fourth-order valence-corrected chi connectivity index (χ4v) is 2.17. The Labute approximate surface area is 143 Å². The van der Waals surface area contributed by atoms with E-state index in [1.165, 1.54) is 24.3 Å². The summed E-state index contributed by atoms with van der Waals surface area (Å²) in [7, 11) is 1.72. The molecule has 0 aliphatic carbocycles. The minimum Gasteiger partial charge on any atom is -0.416 e. The van der Waals surface area contributed by atoms with Gasteiger partial charge in [-0.3, -0.25) is 4.68 Å². The molecular weight excluding hydrogens is 359 g/mol. The van der Waals surface area contributed by atoms with Crippen LogP contribution in [0.2, 0.25) is 0 Å². The Bertz CT molecular complexity index is 970. The van der Waals surface area contributed by atoms with E-state index in [1.807, 2.05) is 0 Å². The summed E-state index contributed by atoms with van der Waals surface area (Å²) in [6, 6.07) is 7.27. The molecule has 0 saturated carbocycles. The minimum atomic E-state index is -2.33. The van der Waals surface area contributed by atoms with Gasteiger partial charge in [0.1, 0.15) is 0 Å². The summed E-state index contributed by atoms with van der Waals surface area (Å²) in [6.45, 7) is 0. The van der Waals surface area contributed by atoms with E-state index in [0.29, 0.717) is 11.3 Å². The molecule has 0 saturated heterocycles. The van der Waals surface area contributed by atoms with Crippen molar-refractivity contribution in [2.45, 2.75) is 0 Å². The zero-order chi connectivity index (χ0) is 19.0. The molecular formula is C17H9F5N2O2. The Balaban J connectivity index is 1.87. The van der Waals surface area contributed by atoms with Gasteiger partial charge in [-0.05, 0) is 18.2 Å². The number of benzene rings is 2. The number of hydrogen-bond donors (Lipinski definition) is 0. The molecule has 0 bridgehead atoms. The molecule has 0 spiro atoms. The zero-order valence-electron chi connectivity index (χ0n) is 13.1. The van der Waals surface area contributed by atoms with Crippen molar-refractivity contribution in [3.8, 4) is 17.0 Å². The van der Waals surface area contributed by atoms with Crippen LogP contribution in [0.4, 0.5) is 22.0 Å². The van der Waals surface area contributed by atoms with Gasteiger partial charge >= 0.3 is 5.97 Å². The molecule has 26 heavy (non-hydrogen) atoms. The topological polar surface area (TPSA) is 44.1 Å². The third-order valence-electron chi connectivity index (χ3n) is 3.49. The highest BCUT2D eigenvalue weighted by atomic mass is 19.2. The van der Waals surface area contributed by atoms with Gasteiger partial charge < -0.3 is 4.74 Å². The Morgan fingerprint density at radius 1 is 0.885 bits per heavy atom. The second-order valence-corrected chi connectivity index (χ2v) is 5.24. The van der Waals surface area contributed by atoms with Gasteiger partial charge in [-0.25, -0.2) is 18.0 Å². The third-order valence-corrected chi connectivity index (χ3v) is 3.49. The molecule has 0 atom stereocenters. The monoisotopic (exact) mass is 368 g/mol. The summed E-state index contributed by atoms with van der Waals surface area (Å²) in [6.07, 6.45) is 1.71. The van der Waals surface area contributed by atoms with Crippen LogP contribution in [0.15, 0.2) is 36.5 Å². The molecule has 3 rings (SSSR count). The van der Waals surface area contributed by atoms with Crippen molar-refractivity contribution in [1.82, 2.24) is 9.78 Å². The highest BCUT2D eigenvalue weighted by Crippen LogP contribution is 2.30. The number of carbonyl (C=O) groups excluding carboxylic acids is 1. The highest BCUT2D eigenvalue weighted by molar-refractivity contribution is 5.91. The van der Waals surface area contributed by atoms with Crippen molar-refractivity contribution < 1.29 is 31.5 Å². The molecule has 0 unspecified atom stereocenters. The molecule has 9 heteroatoms. The van der Waals surface area contributed by atoms with Gasteiger partial charge in [0.05, 0.1) is 11.3 Å². The smallest absolute Gasteiger partial charge is 0.343 e. The number of nitrogens with zero attached hydrogens (tertiary/aromatic N) is 2. The van der Waals surface area contributed by atoms with Gasteiger partial charge in [0.2, 0.25) is 34.8 Å². The molecule has 0 amide bonds. The second kappa shape index (κ2) is 6.58. The van der Waals surface area contributed by atoms with E-state index < -0.39 is 40.8 Å². The van der Waals surface area contributed by atoms with E-state index in [9.17, 15) is 26.7 Å². The molecule has 0 aliphatic heterocycles. The van der Waals surface area contributed by atoms with E-state index in [-0.39, 0.29) is 5.56 Å². The van der Waals surface area contributed by atoms with E-state index in [2.05, 4.69) is 9.84 Å². The lowest BCUT2D eigenvalue weighted by atomic mass is 10.1. The normalized spacial score (nSPS) is 10.8. The van der Waals surface area contributed by atoms with Crippen molar-refractivity contribution in [2.75, 3.05) is 0 Å². The molecule has 2 aromatic carbocycles. The summed E-state index contributed by atoms with van der Waals surface area (Å²) in [5.74, 6) is -14.1. The first-order chi connectivity index (χ1) is 12.3. The van der Waals surface area contributed by atoms with Gasteiger partial charge in [-0.15, -0.1) is 0 Å². The van der Waals surface area contributed by atoms with Gasteiger partial charge in [-0.2, -0.15) is 13.9 Å². The molecule has 3 aromatic rings. The Hall–Kier alpha value is -3.23. The fourth-order valence-electron chi connectivity index (χ4n) is 2.17. The van der Waals surface area contributed by atoms with Crippen LogP contribution in [0.1, 0.15) is 10.4 Å². The quantitative estimate of drug-likeness (QED) is 0.231. The number of aromatic nitrogens is 2. The first kappa shape index (κ1) is 17.6. The first-order valence-corrected chi connectivity index (χ1v) is 7.13. The standard InChI is InChI=1S/C17H9F5N2O2/c1-24-7-6-10(23-24)8-2-4-9(5-3-8)17(25)26-16-14(21)12(19)11(18)13(20)15(16)22/h2-7H,1H3. The number of rotatable bonds is 3. The summed E-state index contributed by atoms with van der Waals surface area (Å²) < 4.78 is 72.3. The second-order valence-electron chi connectivity index (χ2n) is 5.24. The maximum atomic E-state index is 13.6. The number of aryl methyl sites for hydroxylation is 1. The average molecular weight is 368 g/mol. The Morgan fingerprint density at radius 2 is 1.42 bits per heavy atom. The number of halogens is 5. The number of esters is 1. The molecule has 134 valence electrons. The van der Waals surface area contributed by atoms with Crippen molar-refractivity contribution in [3.63, 3.8) is 0 Å². The van der Waals surface area contributed by atoms with Crippen molar-refractivity contribution in [2.24, 2.45) is 7.05 Å². The number of ether oxygens (including phenoxy) is 1. The predicted molar refractivity (Wildman–Crippen MR) is 79.8 cm³/mol. The zero-order valence-corrected chi connectivity index (χ0v) is 13.1. The van der Waals surface area contributed by atoms with E-state index in [4.69, 9.17) is 0 Å². The van der Waals surface area contributed by atoms with Crippen molar-refractivity contribution in [3.05, 3.63) is 71.2 Å². The SMILES string of the molecule is Cn1ccc(-c2ccc(C(=O)Oc3c(F)c(F)c(F)c(F)c3F)cc2)n1. The molecule has 1 heterocycles. The van der Waals surface area contributed by atoms with Crippen LogP contribution in [0.3, 0.4) is 0 Å². The summed E-state index contributed by atoms with van der Waals surface area (Å²) in [5.41, 5.74) is 1.12. The highest BCUT2D eigenvalue weighted by Gasteiger charge is 2.28. The van der Waals surface area contributed by atoms with E-state index in [0.717, 1.165) is 0 Å². The molecule has 0 aliphatic rings.